The van der Waals surface area contributed by atoms with Gasteiger partial charge in [0.2, 0.25) is 15.9 Å². The maximum Gasteiger partial charge on any atom is 0.238 e. The third-order valence-corrected chi connectivity index (χ3v) is 5.72. The molecule has 0 aromatic heterocycles. The van der Waals surface area contributed by atoms with E-state index >= 15 is 0 Å². The van der Waals surface area contributed by atoms with Gasteiger partial charge in [0.05, 0.1) is 10.9 Å². The molecule has 140 valence electrons. The molecule has 0 radical (unpaired) electrons. The van der Waals surface area contributed by atoms with Crippen LogP contribution in [-0.2, 0) is 21.2 Å². The van der Waals surface area contributed by atoms with Gasteiger partial charge < -0.3 is 5.32 Å². The van der Waals surface area contributed by atoms with Crippen LogP contribution in [0.2, 0.25) is 0 Å². The first kappa shape index (κ1) is 19.9. The summed E-state index contributed by atoms with van der Waals surface area (Å²) in [6, 6.07) is 6.30. The predicted molar refractivity (Wildman–Crippen MR) is 98.5 cm³/mol. The lowest BCUT2D eigenvalue weighted by molar-refractivity contribution is -0.126. The zero-order valence-electron chi connectivity index (χ0n) is 15.2. The Labute approximate surface area is 150 Å². The van der Waals surface area contributed by atoms with Crippen LogP contribution in [0.15, 0.2) is 29.2 Å². The number of sulfonamides is 1. The number of benzene rings is 1. The monoisotopic (exact) mass is 367 g/mol. The first-order chi connectivity index (χ1) is 11.7. The molecule has 1 aliphatic rings. The molecule has 1 fully saturated rings. The molecule has 2 rings (SSSR count). The van der Waals surface area contributed by atoms with Crippen molar-refractivity contribution >= 4 is 15.9 Å². The van der Waals surface area contributed by atoms with E-state index in [2.05, 4.69) is 24.1 Å². The summed E-state index contributed by atoms with van der Waals surface area (Å²) in [5, 5.41) is 8.06. The van der Waals surface area contributed by atoms with Gasteiger partial charge in [-0.25, -0.2) is 13.6 Å². The van der Waals surface area contributed by atoms with Crippen molar-refractivity contribution in [3.8, 4) is 0 Å². The first-order valence-corrected chi connectivity index (χ1v) is 10.3. The maximum atomic E-state index is 12.4. The molecular weight excluding hydrogens is 338 g/mol. The van der Waals surface area contributed by atoms with Gasteiger partial charge in [0.15, 0.2) is 0 Å². The fourth-order valence-electron chi connectivity index (χ4n) is 3.52. The average molecular weight is 368 g/mol. The summed E-state index contributed by atoms with van der Waals surface area (Å²) in [4.78, 5) is 14.7. The summed E-state index contributed by atoms with van der Waals surface area (Å²) in [5.41, 5.74) is 0.959. The Kier molecular flexibility index (Phi) is 6.59. The van der Waals surface area contributed by atoms with E-state index in [1.807, 2.05) is 6.92 Å². The largest absolute Gasteiger partial charge is 0.354 e. The number of nitrogens with two attached hydrogens (primary N) is 1. The van der Waals surface area contributed by atoms with E-state index in [-0.39, 0.29) is 16.8 Å². The van der Waals surface area contributed by atoms with E-state index in [1.54, 1.807) is 12.1 Å². The van der Waals surface area contributed by atoms with Crippen molar-refractivity contribution in [3.63, 3.8) is 0 Å². The van der Waals surface area contributed by atoms with Crippen LogP contribution < -0.4 is 10.5 Å². The molecule has 1 aromatic rings. The minimum atomic E-state index is -3.66. The van der Waals surface area contributed by atoms with Crippen LogP contribution in [-0.4, -0.2) is 44.9 Å². The van der Waals surface area contributed by atoms with Crippen molar-refractivity contribution in [2.45, 2.75) is 44.6 Å². The topological polar surface area (TPSA) is 92.5 Å². The molecule has 6 nitrogen and oxygen atoms in total. The summed E-state index contributed by atoms with van der Waals surface area (Å²) >= 11 is 0. The quantitative estimate of drug-likeness (QED) is 0.794. The Morgan fingerprint density at radius 3 is 2.32 bits per heavy atom. The van der Waals surface area contributed by atoms with Crippen LogP contribution in [0.4, 0.5) is 0 Å². The number of hydrogen-bond acceptors (Lipinski definition) is 4. The number of rotatable bonds is 6. The molecule has 25 heavy (non-hydrogen) atoms. The average Bonchev–Trinajstić information content (AvgIpc) is 2.52. The normalized spacial score (nSPS) is 23.2. The molecule has 1 saturated heterocycles. The standard InChI is InChI=1S/C18H29N3O3S/c1-13-10-14(2)12-21(11-13)15(3)18(22)20-9-8-16-4-6-17(7-5-16)25(19,23)24/h4-7,13-15H,8-12H2,1-3H3,(H,20,22)(H2,19,23,24)/t13-,14-,15-/m0/s1. The highest BCUT2D eigenvalue weighted by Gasteiger charge is 2.28. The molecule has 1 heterocycles. The van der Waals surface area contributed by atoms with Crippen LogP contribution in [0.25, 0.3) is 0 Å². The van der Waals surface area contributed by atoms with Gasteiger partial charge in [0.25, 0.3) is 0 Å². The van der Waals surface area contributed by atoms with Crippen LogP contribution in [0.1, 0.15) is 32.8 Å². The molecule has 3 N–H and O–H groups in total. The Hall–Kier alpha value is -1.44. The van der Waals surface area contributed by atoms with Gasteiger partial charge in [-0.05, 0) is 49.3 Å². The lowest BCUT2D eigenvalue weighted by atomic mass is 9.91. The smallest absolute Gasteiger partial charge is 0.238 e. The summed E-state index contributed by atoms with van der Waals surface area (Å²) in [6.45, 7) is 8.89. The SMILES string of the molecule is C[C@H]1C[C@H](C)CN([C@@H](C)C(=O)NCCc2ccc(S(N)(=O)=O)cc2)C1. The third kappa shape index (κ3) is 5.80. The zero-order chi connectivity index (χ0) is 18.6. The Bertz CT molecular complexity index is 678. The first-order valence-electron chi connectivity index (χ1n) is 8.80. The highest BCUT2D eigenvalue weighted by atomic mass is 32.2. The number of primary sulfonamides is 1. The van der Waals surface area contributed by atoms with Crippen molar-refractivity contribution in [3.05, 3.63) is 29.8 Å². The fourth-order valence-corrected chi connectivity index (χ4v) is 4.03. The number of nitrogens with zero attached hydrogens (tertiary/aromatic N) is 1. The summed E-state index contributed by atoms with van der Waals surface area (Å²) in [7, 11) is -3.66. The molecule has 1 aromatic carbocycles. The molecule has 0 aliphatic carbocycles. The number of hydrogen-bond donors (Lipinski definition) is 2. The molecule has 0 spiro atoms. The van der Waals surface area contributed by atoms with Crippen LogP contribution in [0.5, 0.6) is 0 Å². The number of nitrogens with one attached hydrogen (secondary N) is 1. The molecular formula is C18H29N3O3S. The van der Waals surface area contributed by atoms with E-state index in [0.717, 1.165) is 18.7 Å². The second kappa shape index (κ2) is 8.29. The van der Waals surface area contributed by atoms with Gasteiger partial charge in [-0.15, -0.1) is 0 Å². The van der Waals surface area contributed by atoms with Gasteiger partial charge in [0, 0.05) is 19.6 Å². The molecule has 1 aliphatic heterocycles. The van der Waals surface area contributed by atoms with Gasteiger partial charge >= 0.3 is 0 Å². The summed E-state index contributed by atoms with van der Waals surface area (Å²) in [5.74, 6) is 1.29. The Morgan fingerprint density at radius 2 is 1.80 bits per heavy atom. The number of carbonyl (C=O) groups excluding carboxylic acids is 1. The van der Waals surface area contributed by atoms with Gasteiger partial charge in [-0.3, -0.25) is 9.69 Å². The number of likely N-dealkylation sites (tertiary alicyclic amines) is 1. The zero-order valence-corrected chi connectivity index (χ0v) is 16.1. The summed E-state index contributed by atoms with van der Waals surface area (Å²) in [6.07, 6.45) is 1.87. The van der Waals surface area contributed by atoms with E-state index in [9.17, 15) is 13.2 Å². The van der Waals surface area contributed by atoms with Gasteiger partial charge in [-0.2, -0.15) is 0 Å². The van der Waals surface area contributed by atoms with Gasteiger partial charge in [-0.1, -0.05) is 26.0 Å². The van der Waals surface area contributed by atoms with Gasteiger partial charge in [0.1, 0.15) is 0 Å². The third-order valence-electron chi connectivity index (χ3n) is 4.79. The molecule has 7 heteroatoms. The Balaban J connectivity index is 1.81. The van der Waals surface area contributed by atoms with Crippen LogP contribution in [0.3, 0.4) is 0 Å². The molecule has 0 saturated carbocycles. The number of piperidine rings is 1. The van der Waals surface area contributed by atoms with Crippen molar-refractivity contribution < 1.29 is 13.2 Å². The highest BCUT2D eigenvalue weighted by Crippen LogP contribution is 2.22. The van der Waals surface area contributed by atoms with Crippen molar-refractivity contribution in [2.24, 2.45) is 17.0 Å². The highest BCUT2D eigenvalue weighted by molar-refractivity contribution is 7.89. The second-order valence-corrected chi connectivity index (χ2v) is 8.87. The van der Waals surface area contributed by atoms with Crippen LogP contribution in [0, 0.1) is 11.8 Å². The molecule has 0 unspecified atom stereocenters. The van der Waals surface area contributed by atoms with Crippen molar-refractivity contribution in [2.75, 3.05) is 19.6 Å². The molecule has 1 amide bonds. The lowest BCUT2D eigenvalue weighted by Gasteiger charge is -2.38. The molecule has 3 atom stereocenters. The number of amides is 1. The van der Waals surface area contributed by atoms with E-state index in [1.165, 1.54) is 18.6 Å². The van der Waals surface area contributed by atoms with Crippen molar-refractivity contribution in [1.29, 1.82) is 0 Å². The Morgan fingerprint density at radius 1 is 1.24 bits per heavy atom. The minimum absolute atomic E-state index is 0.0439. The van der Waals surface area contributed by atoms with E-state index < -0.39 is 10.0 Å². The minimum Gasteiger partial charge on any atom is -0.354 e. The number of carbonyl (C=O) groups is 1. The second-order valence-electron chi connectivity index (χ2n) is 7.31. The predicted octanol–water partition coefficient (Wildman–Crippen LogP) is 1.36. The van der Waals surface area contributed by atoms with Crippen molar-refractivity contribution in [1.82, 2.24) is 10.2 Å². The maximum absolute atomic E-state index is 12.4. The van der Waals surface area contributed by atoms with E-state index in [4.69, 9.17) is 5.14 Å². The lowest BCUT2D eigenvalue weighted by Crippen LogP contribution is -2.50. The van der Waals surface area contributed by atoms with E-state index in [0.29, 0.717) is 24.8 Å². The molecule has 0 bridgehead atoms. The fraction of sp³-hybridized carbons (Fsp3) is 0.611. The summed E-state index contributed by atoms with van der Waals surface area (Å²) < 4.78 is 22.5. The van der Waals surface area contributed by atoms with Crippen LogP contribution >= 0.6 is 0 Å².